The number of nitrogens with zero attached hydrogens (tertiary/aromatic N) is 2. The molecule has 0 fully saturated rings. The van der Waals surface area contributed by atoms with Crippen LogP contribution in [0, 0.1) is 0 Å². The number of halogens is 1. The normalized spacial score (nSPS) is 12.9. The second-order valence-electron chi connectivity index (χ2n) is 8.56. The standard InChI is InChI=1S/C31H33ClN2O6/c1-6-38-34-30(24-13-17-27(18-14-24)40-22(3)23-11-15-26(32)16-12-23)21(2)33-39-19-25-9-7-8-10-28(25)29(20-36-4)31(35)37-5/h7-18,20,22H,6,19H2,1-5H3/b29-20+,33-21+,34-30-. The van der Waals surface area contributed by atoms with E-state index in [0.717, 1.165) is 16.7 Å². The summed E-state index contributed by atoms with van der Waals surface area (Å²) in [5, 5.41) is 9.21. The van der Waals surface area contributed by atoms with E-state index < -0.39 is 5.97 Å². The van der Waals surface area contributed by atoms with E-state index in [9.17, 15) is 4.79 Å². The molecule has 8 nitrogen and oxygen atoms in total. The minimum Gasteiger partial charge on any atom is -0.503 e. The van der Waals surface area contributed by atoms with E-state index in [-0.39, 0.29) is 18.3 Å². The van der Waals surface area contributed by atoms with Crippen LogP contribution in [-0.2, 0) is 30.6 Å². The summed E-state index contributed by atoms with van der Waals surface area (Å²) < 4.78 is 16.1. The molecule has 1 unspecified atom stereocenters. The summed E-state index contributed by atoms with van der Waals surface area (Å²) in [4.78, 5) is 23.3. The number of esters is 1. The first-order valence-corrected chi connectivity index (χ1v) is 13.0. The number of hydrogen-bond acceptors (Lipinski definition) is 8. The molecule has 0 bridgehead atoms. The maximum atomic E-state index is 12.3. The van der Waals surface area contributed by atoms with E-state index in [1.54, 1.807) is 13.0 Å². The first-order chi connectivity index (χ1) is 19.4. The van der Waals surface area contributed by atoms with Gasteiger partial charge in [0.25, 0.3) is 0 Å². The molecule has 0 aromatic heterocycles. The molecule has 3 rings (SSSR count). The van der Waals surface area contributed by atoms with Gasteiger partial charge >= 0.3 is 5.97 Å². The molecule has 0 spiro atoms. The summed E-state index contributed by atoms with van der Waals surface area (Å²) in [6.07, 6.45) is 1.19. The van der Waals surface area contributed by atoms with Crippen LogP contribution in [0.15, 0.2) is 89.4 Å². The maximum Gasteiger partial charge on any atom is 0.341 e. The van der Waals surface area contributed by atoms with Crippen LogP contribution in [0.1, 0.15) is 49.1 Å². The number of benzene rings is 3. The summed E-state index contributed by atoms with van der Waals surface area (Å²) >= 11 is 5.99. The number of ether oxygens (including phenoxy) is 3. The lowest BCUT2D eigenvalue weighted by Crippen LogP contribution is -2.14. The van der Waals surface area contributed by atoms with E-state index in [0.29, 0.717) is 34.4 Å². The van der Waals surface area contributed by atoms with Gasteiger partial charge in [-0.3, -0.25) is 0 Å². The fourth-order valence-corrected chi connectivity index (χ4v) is 3.88. The number of carbonyl (C=O) groups is 1. The van der Waals surface area contributed by atoms with Gasteiger partial charge in [0, 0.05) is 16.1 Å². The fraction of sp³-hybridized carbons (Fsp3) is 0.258. The topological polar surface area (TPSA) is 87.9 Å². The number of hydrogen-bond donors (Lipinski definition) is 0. The van der Waals surface area contributed by atoms with Crippen LogP contribution in [-0.4, -0.2) is 38.2 Å². The van der Waals surface area contributed by atoms with E-state index in [4.69, 9.17) is 35.5 Å². The predicted octanol–water partition coefficient (Wildman–Crippen LogP) is 6.97. The Balaban J connectivity index is 1.75. The predicted molar refractivity (Wildman–Crippen MR) is 156 cm³/mol. The zero-order valence-corrected chi connectivity index (χ0v) is 24.0. The third-order valence-electron chi connectivity index (χ3n) is 5.78. The van der Waals surface area contributed by atoms with E-state index >= 15 is 0 Å². The first kappa shape index (κ1) is 30.2. The second-order valence-corrected chi connectivity index (χ2v) is 9.00. The van der Waals surface area contributed by atoms with Crippen molar-refractivity contribution in [1.82, 2.24) is 0 Å². The van der Waals surface area contributed by atoms with Crippen LogP contribution in [0.3, 0.4) is 0 Å². The Hall–Kier alpha value is -4.30. The number of oxime groups is 2. The third kappa shape index (κ3) is 8.35. The maximum absolute atomic E-state index is 12.3. The van der Waals surface area contributed by atoms with Crippen LogP contribution >= 0.6 is 11.6 Å². The molecule has 0 aliphatic carbocycles. The van der Waals surface area contributed by atoms with Crippen molar-refractivity contribution in [2.45, 2.75) is 33.5 Å². The van der Waals surface area contributed by atoms with Crippen molar-refractivity contribution in [2.75, 3.05) is 20.8 Å². The second kappa shape index (κ2) is 15.3. The molecule has 0 saturated heterocycles. The lowest BCUT2D eigenvalue weighted by atomic mass is 10.0. The van der Waals surface area contributed by atoms with Crippen molar-refractivity contribution >= 4 is 34.6 Å². The summed E-state index contributed by atoms with van der Waals surface area (Å²) in [5.41, 5.74) is 4.45. The van der Waals surface area contributed by atoms with E-state index in [1.807, 2.05) is 80.6 Å². The van der Waals surface area contributed by atoms with Gasteiger partial charge in [-0.2, -0.15) is 0 Å². The summed E-state index contributed by atoms with van der Waals surface area (Å²) in [7, 11) is 2.78. The van der Waals surface area contributed by atoms with Crippen LogP contribution in [0.5, 0.6) is 5.75 Å². The Morgan fingerprint density at radius 2 is 1.65 bits per heavy atom. The highest BCUT2D eigenvalue weighted by Gasteiger charge is 2.17. The van der Waals surface area contributed by atoms with Gasteiger partial charge in [0.1, 0.15) is 42.1 Å². The van der Waals surface area contributed by atoms with Gasteiger partial charge in [0.15, 0.2) is 0 Å². The Labute approximate surface area is 239 Å². The summed E-state index contributed by atoms with van der Waals surface area (Å²) in [6.45, 7) is 6.10. The van der Waals surface area contributed by atoms with Crippen molar-refractivity contribution in [3.63, 3.8) is 0 Å². The van der Waals surface area contributed by atoms with Crippen molar-refractivity contribution in [1.29, 1.82) is 0 Å². The molecule has 40 heavy (non-hydrogen) atoms. The quantitative estimate of drug-likeness (QED) is 0.0732. The Kier molecular flexibility index (Phi) is 11.6. The molecule has 0 amide bonds. The minimum absolute atomic E-state index is 0.100. The van der Waals surface area contributed by atoms with Crippen molar-refractivity contribution in [3.8, 4) is 5.75 Å². The molecule has 0 saturated carbocycles. The molecule has 0 aliphatic heterocycles. The zero-order valence-electron chi connectivity index (χ0n) is 23.2. The van der Waals surface area contributed by atoms with E-state index in [2.05, 4.69) is 10.3 Å². The van der Waals surface area contributed by atoms with E-state index in [1.165, 1.54) is 20.5 Å². The lowest BCUT2D eigenvalue weighted by molar-refractivity contribution is -0.133. The number of methoxy groups -OCH3 is 2. The first-order valence-electron chi connectivity index (χ1n) is 12.7. The van der Waals surface area contributed by atoms with Gasteiger partial charge in [-0.1, -0.05) is 58.3 Å². The van der Waals surface area contributed by atoms with Crippen molar-refractivity contribution in [3.05, 3.63) is 106 Å². The fourth-order valence-electron chi connectivity index (χ4n) is 3.75. The van der Waals surface area contributed by atoms with Gasteiger partial charge in [0.2, 0.25) is 0 Å². The van der Waals surface area contributed by atoms with Gasteiger partial charge in [0.05, 0.1) is 20.5 Å². The van der Waals surface area contributed by atoms with Gasteiger partial charge < -0.3 is 23.9 Å². The summed E-state index contributed by atoms with van der Waals surface area (Å²) in [5.74, 6) is 0.185. The minimum atomic E-state index is -0.518. The Morgan fingerprint density at radius 1 is 0.950 bits per heavy atom. The molecular formula is C31H33ClN2O6. The zero-order chi connectivity index (χ0) is 28.9. The number of rotatable bonds is 13. The Morgan fingerprint density at radius 3 is 2.30 bits per heavy atom. The molecular weight excluding hydrogens is 532 g/mol. The highest BCUT2D eigenvalue weighted by molar-refractivity contribution is 6.47. The molecule has 9 heteroatoms. The molecule has 3 aromatic carbocycles. The molecule has 3 aromatic rings. The average Bonchev–Trinajstić information content (AvgIpc) is 2.97. The molecule has 0 radical (unpaired) electrons. The van der Waals surface area contributed by atoms with Crippen LogP contribution < -0.4 is 4.74 Å². The van der Waals surface area contributed by atoms with Crippen LogP contribution in [0.2, 0.25) is 5.02 Å². The average molecular weight is 565 g/mol. The molecule has 0 aliphatic rings. The highest BCUT2D eigenvalue weighted by Crippen LogP contribution is 2.24. The van der Waals surface area contributed by atoms with Gasteiger partial charge in [-0.25, -0.2) is 4.79 Å². The molecule has 210 valence electrons. The van der Waals surface area contributed by atoms with Crippen LogP contribution in [0.25, 0.3) is 5.57 Å². The Bertz CT molecular complexity index is 1350. The van der Waals surface area contributed by atoms with Crippen molar-refractivity contribution in [2.24, 2.45) is 10.3 Å². The van der Waals surface area contributed by atoms with Gasteiger partial charge in [-0.05, 0) is 68.3 Å². The smallest absolute Gasteiger partial charge is 0.341 e. The molecule has 1 atom stereocenters. The number of carbonyl (C=O) groups excluding carboxylic acids is 1. The van der Waals surface area contributed by atoms with Crippen LogP contribution in [0.4, 0.5) is 0 Å². The molecule has 0 heterocycles. The SMILES string of the molecule is CCO/N=C(/C(C)=N/OCc1ccccc1/C(=C\OC)C(=O)OC)c1ccc(OC(C)c2ccc(Cl)cc2)cc1. The van der Waals surface area contributed by atoms with Crippen molar-refractivity contribution < 1.29 is 28.7 Å². The highest BCUT2D eigenvalue weighted by atomic mass is 35.5. The lowest BCUT2D eigenvalue weighted by Gasteiger charge is -2.16. The summed E-state index contributed by atoms with van der Waals surface area (Å²) in [6, 6.07) is 22.4. The third-order valence-corrected chi connectivity index (χ3v) is 6.03. The monoisotopic (exact) mass is 564 g/mol. The molecule has 0 N–H and O–H groups in total. The largest absolute Gasteiger partial charge is 0.503 e. The van der Waals surface area contributed by atoms with Gasteiger partial charge in [-0.15, -0.1) is 0 Å².